The lowest BCUT2D eigenvalue weighted by Crippen LogP contribution is -2.32. The van der Waals surface area contributed by atoms with Gasteiger partial charge in [-0.15, -0.1) is 0 Å². The van der Waals surface area contributed by atoms with Crippen molar-refractivity contribution in [2.45, 2.75) is 70.4 Å². The highest BCUT2D eigenvalue weighted by atomic mass is 16.6. The number of nitro groups is 1. The summed E-state index contributed by atoms with van der Waals surface area (Å²) in [5, 5.41) is 21.2. The third kappa shape index (κ3) is 15.7. The van der Waals surface area contributed by atoms with Crippen LogP contribution in [-0.2, 0) is 4.79 Å². The first-order valence-electron chi connectivity index (χ1n) is 9.63. The summed E-state index contributed by atoms with van der Waals surface area (Å²) < 4.78 is 0. The van der Waals surface area contributed by atoms with Crippen LogP contribution in [0.5, 0.6) is 0 Å². The fraction of sp³-hybridized carbons (Fsp3) is 0.500. The molecule has 0 saturated carbocycles. The Morgan fingerprint density at radius 2 is 1.33 bits per heavy atom. The molecule has 5 heteroatoms. The number of unbranched alkanes of at least 4 members (excludes halogenated alkanes) is 1. The van der Waals surface area contributed by atoms with Gasteiger partial charge in [-0.05, 0) is 38.5 Å². The minimum atomic E-state index is -1.00. The van der Waals surface area contributed by atoms with Gasteiger partial charge in [-0.25, -0.2) is 0 Å². The molecule has 27 heavy (non-hydrogen) atoms. The minimum absolute atomic E-state index is 0.219. The van der Waals surface area contributed by atoms with Crippen LogP contribution in [0.1, 0.15) is 58.3 Å². The Labute approximate surface area is 163 Å². The largest absolute Gasteiger partial charge is 0.386 e. The summed E-state index contributed by atoms with van der Waals surface area (Å²) >= 11 is 0. The number of hydrogen-bond donors (Lipinski definition) is 1. The Morgan fingerprint density at radius 1 is 0.815 bits per heavy atom. The van der Waals surface area contributed by atoms with Crippen LogP contribution < -0.4 is 0 Å². The number of rotatable bonds is 16. The van der Waals surface area contributed by atoms with Crippen molar-refractivity contribution in [1.82, 2.24) is 0 Å². The average molecular weight is 376 g/mol. The Hall–Kier alpha value is -2.27. The predicted molar refractivity (Wildman–Crippen MR) is 111 cm³/mol. The van der Waals surface area contributed by atoms with Crippen LogP contribution in [0.4, 0.5) is 0 Å². The van der Waals surface area contributed by atoms with E-state index in [2.05, 4.69) is 25.2 Å². The molecule has 0 aromatic heterocycles. The van der Waals surface area contributed by atoms with Gasteiger partial charge in [-0.3, -0.25) is 10.1 Å². The van der Waals surface area contributed by atoms with Crippen molar-refractivity contribution in [1.29, 1.82) is 0 Å². The molecule has 0 aliphatic carbocycles. The number of aliphatic hydroxyl groups excluding tert-OH is 1. The van der Waals surface area contributed by atoms with Crippen LogP contribution in [0.3, 0.4) is 0 Å². The zero-order valence-electron chi connectivity index (χ0n) is 16.3. The minimum Gasteiger partial charge on any atom is -0.386 e. The lowest BCUT2D eigenvalue weighted by atomic mass is 10.0. The first kappa shape index (κ1) is 24.7. The highest BCUT2D eigenvalue weighted by Gasteiger charge is 2.27. The number of carbonyl (C=O) groups is 1. The SMILES string of the molecule is CC/C=C\C/C=C\C/C=C\CC(C(O)C/C=C\C/C=C\CCC=O)[N+](=O)[O-]. The van der Waals surface area contributed by atoms with E-state index in [1.807, 2.05) is 30.4 Å². The molecule has 0 radical (unpaired) electrons. The van der Waals surface area contributed by atoms with Crippen LogP contribution in [-0.4, -0.2) is 28.5 Å². The maximum absolute atomic E-state index is 11.2. The summed E-state index contributed by atoms with van der Waals surface area (Å²) in [6.07, 6.45) is 24.4. The number of aliphatic hydroxyl groups is 1. The van der Waals surface area contributed by atoms with Gasteiger partial charge >= 0.3 is 0 Å². The molecule has 0 amide bonds. The number of aldehydes is 1. The summed E-state index contributed by atoms with van der Waals surface area (Å²) in [5.74, 6) is 0. The van der Waals surface area contributed by atoms with Crippen LogP contribution in [0.15, 0.2) is 60.8 Å². The quantitative estimate of drug-likeness (QED) is 0.134. The Bertz CT molecular complexity index is 532. The van der Waals surface area contributed by atoms with Gasteiger partial charge in [0.15, 0.2) is 0 Å². The number of nitrogens with zero attached hydrogens (tertiary/aromatic N) is 1. The molecule has 5 nitrogen and oxygen atoms in total. The van der Waals surface area contributed by atoms with E-state index in [9.17, 15) is 20.0 Å². The second-order valence-electron chi connectivity index (χ2n) is 6.11. The molecule has 0 aromatic carbocycles. The molecule has 0 aliphatic rings. The van der Waals surface area contributed by atoms with Crippen LogP contribution in [0, 0.1) is 10.1 Å². The zero-order valence-corrected chi connectivity index (χ0v) is 16.3. The molecule has 0 aliphatic heterocycles. The predicted octanol–water partition coefficient (Wildman–Crippen LogP) is 5.11. The second kappa shape index (κ2) is 18.5. The number of carbonyl (C=O) groups excluding carboxylic acids is 1. The van der Waals surface area contributed by atoms with Crippen molar-refractivity contribution in [2.75, 3.05) is 0 Å². The topological polar surface area (TPSA) is 80.4 Å². The third-order valence-electron chi connectivity index (χ3n) is 3.81. The van der Waals surface area contributed by atoms with Gasteiger partial charge in [-0.2, -0.15) is 0 Å². The van der Waals surface area contributed by atoms with Crippen molar-refractivity contribution in [3.8, 4) is 0 Å². The molecule has 0 heterocycles. The van der Waals surface area contributed by atoms with E-state index in [0.717, 1.165) is 32.0 Å². The van der Waals surface area contributed by atoms with Crippen molar-refractivity contribution in [2.24, 2.45) is 0 Å². The fourth-order valence-corrected chi connectivity index (χ4v) is 2.27. The Morgan fingerprint density at radius 3 is 1.89 bits per heavy atom. The molecule has 2 atom stereocenters. The normalized spacial score (nSPS) is 14.9. The summed E-state index contributed by atoms with van der Waals surface area (Å²) in [6.45, 7) is 2.09. The van der Waals surface area contributed by atoms with E-state index < -0.39 is 17.1 Å². The Balaban J connectivity index is 4.16. The average Bonchev–Trinajstić information content (AvgIpc) is 2.65. The third-order valence-corrected chi connectivity index (χ3v) is 3.81. The van der Waals surface area contributed by atoms with Gasteiger partial charge in [-0.1, -0.05) is 67.7 Å². The second-order valence-corrected chi connectivity index (χ2v) is 6.11. The molecule has 0 aromatic rings. The molecule has 0 saturated heterocycles. The molecule has 0 fully saturated rings. The standard InChI is InChI=1S/C22H33NO4/c1-2-3-4-5-6-7-9-12-15-18-21(23(26)27)22(25)19-16-13-10-8-11-14-17-20-24/h3-4,6-8,11-13,15-16,20-22,25H,2,5,9-10,14,17-19H2,1H3/b4-3-,7-6-,11-8-,15-12-,16-13-. The van der Waals surface area contributed by atoms with Gasteiger partial charge in [0.25, 0.3) is 0 Å². The van der Waals surface area contributed by atoms with E-state index in [-0.39, 0.29) is 12.8 Å². The van der Waals surface area contributed by atoms with Gasteiger partial charge in [0, 0.05) is 17.8 Å². The summed E-state index contributed by atoms with van der Waals surface area (Å²) in [6, 6.07) is -0.995. The van der Waals surface area contributed by atoms with Crippen LogP contribution in [0.2, 0.25) is 0 Å². The van der Waals surface area contributed by atoms with Gasteiger partial charge in [0.1, 0.15) is 12.4 Å². The lowest BCUT2D eigenvalue weighted by molar-refractivity contribution is -0.533. The van der Waals surface area contributed by atoms with E-state index in [1.54, 1.807) is 12.2 Å². The molecule has 1 N–H and O–H groups in total. The van der Waals surface area contributed by atoms with Gasteiger partial charge in [0.05, 0.1) is 0 Å². The van der Waals surface area contributed by atoms with E-state index in [0.29, 0.717) is 12.8 Å². The molecular weight excluding hydrogens is 342 g/mol. The summed E-state index contributed by atoms with van der Waals surface area (Å²) in [4.78, 5) is 20.9. The zero-order chi connectivity index (χ0) is 20.2. The van der Waals surface area contributed by atoms with Gasteiger partial charge in [0.2, 0.25) is 6.04 Å². The van der Waals surface area contributed by atoms with Crippen molar-refractivity contribution < 1.29 is 14.8 Å². The summed E-state index contributed by atoms with van der Waals surface area (Å²) in [7, 11) is 0. The molecular formula is C22H33NO4. The maximum Gasteiger partial charge on any atom is 0.242 e. The lowest BCUT2D eigenvalue weighted by Gasteiger charge is -2.12. The monoisotopic (exact) mass is 375 g/mol. The van der Waals surface area contributed by atoms with E-state index in [1.165, 1.54) is 0 Å². The molecule has 0 spiro atoms. The summed E-state index contributed by atoms with van der Waals surface area (Å²) in [5.41, 5.74) is 0. The van der Waals surface area contributed by atoms with Crippen molar-refractivity contribution in [3.05, 3.63) is 70.9 Å². The van der Waals surface area contributed by atoms with E-state index in [4.69, 9.17) is 0 Å². The molecule has 0 bridgehead atoms. The first-order valence-corrected chi connectivity index (χ1v) is 9.63. The highest BCUT2D eigenvalue weighted by molar-refractivity contribution is 5.49. The van der Waals surface area contributed by atoms with E-state index >= 15 is 0 Å². The van der Waals surface area contributed by atoms with Crippen LogP contribution in [0.25, 0.3) is 0 Å². The highest BCUT2D eigenvalue weighted by Crippen LogP contribution is 2.10. The Kier molecular flexibility index (Phi) is 17.0. The van der Waals surface area contributed by atoms with Crippen molar-refractivity contribution in [3.63, 3.8) is 0 Å². The molecule has 2 unspecified atom stereocenters. The fourth-order valence-electron chi connectivity index (χ4n) is 2.27. The molecule has 150 valence electrons. The number of hydrogen-bond acceptors (Lipinski definition) is 4. The van der Waals surface area contributed by atoms with Crippen LogP contribution >= 0.6 is 0 Å². The smallest absolute Gasteiger partial charge is 0.242 e. The first-order chi connectivity index (χ1) is 13.1. The molecule has 0 rings (SSSR count). The van der Waals surface area contributed by atoms with Crippen molar-refractivity contribution >= 4 is 6.29 Å². The maximum atomic E-state index is 11.2. The number of allylic oxidation sites excluding steroid dienone is 8. The van der Waals surface area contributed by atoms with Gasteiger partial charge < -0.3 is 9.90 Å².